The Morgan fingerprint density at radius 3 is 2.73 bits per heavy atom. The Morgan fingerprint density at radius 1 is 1.41 bits per heavy atom. The zero-order valence-electron chi connectivity index (χ0n) is 12.1. The normalized spacial score (nSPS) is 13.5. The smallest absolute Gasteiger partial charge is 0.319 e. The Kier molecular flexibility index (Phi) is 4.73. The molecule has 0 radical (unpaired) electrons. The van der Waals surface area contributed by atoms with Gasteiger partial charge >= 0.3 is 6.03 Å². The van der Waals surface area contributed by atoms with Crippen molar-refractivity contribution in [1.82, 2.24) is 5.32 Å². The van der Waals surface area contributed by atoms with Crippen molar-refractivity contribution < 1.29 is 18.7 Å². The fraction of sp³-hybridized carbons (Fsp3) is 0.267. The molecule has 2 amide bonds. The van der Waals surface area contributed by atoms with Crippen LogP contribution >= 0.6 is 11.6 Å². The highest BCUT2D eigenvalue weighted by Crippen LogP contribution is 2.22. The number of halogens is 2. The molecule has 0 aliphatic heterocycles. The summed E-state index contributed by atoms with van der Waals surface area (Å²) in [6.07, 6.45) is 0. The third kappa shape index (κ3) is 3.99. The Labute approximate surface area is 132 Å². The topological polar surface area (TPSA) is 74.5 Å². The van der Waals surface area contributed by atoms with Crippen molar-refractivity contribution in [3.63, 3.8) is 0 Å². The molecule has 1 aromatic carbocycles. The summed E-state index contributed by atoms with van der Waals surface area (Å²) >= 11 is 5.63. The van der Waals surface area contributed by atoms with Crippen molar-refractivity contribution in [2.24, 2.45) is 0 Å². The third-order valence-corrected chi connectivity index (χ3v) is 3.28. The summed E-state index contributed by atoms with van der Waals surface area (Å²) in [4.78, 5) is 11.8. The molecule has 1 atom stereocenters. The van der Waals surface area contributed by atoms with Crippen molar-refractivity contribution >= 4 is 23.3 Å². The molecule has 0 fully saturated rings. The van der Waals surface area contributed by atoms with Crippen LogP contribution in [0, 0.1) is 12.7 Å². The van der Waals surface area contributed by atoms with Crippen LogP contribution in [0.25, 0.3) is 0 Å². The van der Waals surface area contributed by atoms with Gasteiger partial charge in [-0.1, -0.05) is 11.6 Å². The number of hydrogen-bond acceptors (Lipinski definition) is 3. The Bertz CT molecular complexity index is 685. The number of aliphatic hydroxyl groups is 1. The van der Waals surface area contributed by atoms with Crippen LogP contribution in [0.15, 0.2) is 34.7 Å². The van der Waals surface area contributed by atoms with E-state index in [2.05, 4.69) is 10.6 Å². The van der Waals surface area contributed by atoms with Gasteiger partial charge in [-0.15, -0.1) is 0 Å². The zero-order valence-corrected chi connectivity index (χ0v) is 12.9. The van der Waals surface area contributed by atoms with E-state index in [0.29, 0.717) is 11.5 Å². The number of aryl methyl sites for hydroxylation is 1. The van der Waals surface area contributed by atoms with Gasteiger partial charge in [0.15, 0.2) is 0 Å². The molecule has 0 spiro atoms. The van der Waals surface area contributed by atoms with Crippen molar-refractivity contribution in [3.05, 3.63) is 52.7 Å². The summed E-state index contributed by atoms with van der Waals surface area (Å²) in [5.41, 5.74) is -1.38. The van der Waals surface area contributed by atoms with Crippen LogP contribution < -0.4 is 10.6 Å². The summed E-state index contributed by atoms with van der Waals surface area (Å²) in [6, 6.07) is 6.61. The monoisotopic (exact) mass is 326 g/mol. The van der Waals surface area contributed by atoms with Crippen LogP contribution in [-0.2, 0) is 5.60 Å². The number of anilines is 1. The van der Waals surface area contributed by atoms with E-state index < -0.39 is 17.4 Å². The molecule has 3 N–H and O–H groups in total. The predicted molar refractivity (Wildman–Crippen MR) is 81.4 cm³/mol. The van der Waals surface area contributed by atoms with Crippen LogP contribution in [0.2, 0.25) is 5.02 Å². The van der Waals surface area contributed by atoms with Gasteiger partial charge in [0, 0.05) is 5.02 Å². The maximum Gasteiger partial charge on any atom is 0.319 e. The van der Waals surface area contributed by atoms with Crippen LogP contribution in [0.3, 0.4) is 0 Å². The molecule has 0 aliphatic carbocycles. The quantitative estimate of drug-likeness (QED) is 0.806. The van der Waals surface area contributed by atoms with Gasteiger partial charge in [0.05, 0.1) is 12.2 Å². The van der Waals surface area contributed by atoms with Gasteiger partial charge in [-0.3, -0.25) is 0 Å². The minimum Gasteiger partial charge on any atom is -0.463 e. The molecule has 0 bridgehead atoms. The molecule has 1 heterocycles. The van der Waals surface area contributed by atoms with Gasteiger partial charge < -0.3 is 20.2 Å². The molecule has 1 unspecified atom stereocenters. The zero-order chi connectivity index (χ0) is 16.3. The van der Waals surface area contributed by atoms with Gasteiger partial charge in [0.1, 0.15) is 22.9 Å². The molecule has 0 aliphatic rings. The lowest BCUT2D eigenvalue weighted by Crippen LogP contribution is -2.40. The van der Waals surface area contributed by atoms with Gasteiger partial charge in [0.25, 0.3) is 0 Å². The molecule has 5 nitrogen and oxygen atoms in total. The lowest BCUT2D eigenvalue weighted by Gasteiger charge is -2.21. The van der Waals surface area contributed by atoms with Crippen molar-refractivity contribution in [1.29, 1.82) is 0 Å². The molecule has 0 saturated heterocycles. The fourth-order valence-electron chi connectivity index (χ4n) is 1.82. The van der Waals surface area contributed by atoms with Gasteiger partial charge in [-0.05, 0) is 44.2 Å². The Balaban J connectivity index is 1.95. The number of nitrogens with one attached hydrogen (secondary N) is 2. The van der Waals surface area contributed by atoms with Gasteiger partial charge in [0.2, 0.25) is 0 Å². The largest absolute Gasteiger partial charge is 0.463 e. The lowest BCUT2D eigenvalue weighted by atomic mass is 10.0. The highest BCUT2D eigenvalue weighted by Gasteiger charge is 2.27. The average Bonchev–Trinajstić information content (AvgIpc) is 2.87. The second-order valence-electron chi connectivity index (χ2n) is 5.12. The first-order valence-electron chi connectivity index (χ1n) is 6.57. The molecule has 118 valence electrons. The molecule has 2 rings (SSSR count). The SMILES string of the molecule is Cc1ccc(C(C)(O)CNC(=O)Nc2ccc(Cl)cc2F)o1. The van der Waals surface area contributed by atoms with Gasteiger partial charge in [-0.25, -0.2) is 9.18 Å². The maximum atomic E-state index is 13.6. The highest BCUT2D eigenvalue weighted by molar-refractivity contribution is 6.30. The third-order valence-electron chi connectivity index (χ3n) is 3.04. The van der Waals surface area contributed by atoms with E-state index in [1.807, 2.05) is 0 Å². The number of urea groups is 1. The van der Waals surface area contributed by atoms with Crippen LogP contribution in [-0.4, -0.2) is 17.7 Å². The molecule has 1 aromatic heterocycles. The summed E-state index contributed by atoms with van der Waals surface area (Å²) in [5.74, 6) is 0.349. The van der Waals surface area contributed by atoms with E-state index in [1.165, 1.54) is 19.1 Å². The second kappa shape index (κ2) is 6.37. The van der Waals surface area contributed by atoms with E-state index in [0.717, 1.165) is 6.07 Å². The first-order valence-corrected chi connectivity index (χ1v) is 6.95. The highest BCUT2D eigenvalue weighted by atomic mass is 35.5. The first kappa shape index (κ1) is 16.3. The van der Waals surface area contributed by atoms with Crippen LogP contribution in [0.4, 0.5) is 14.9 Å². The maximum absolute atomic E-state index is 13.6. The average molecular weight is 327 g/mol. The summed E-state index contributed by atoms with van der Waals surface area (Å²) < 4.78 is 18.9. The summed E-state index contributed by atoms with van der Waals surface area (Å²) in [7, 11) is 0. The molecule has 22 heavy (non-hydrogen) atoms. The van der Waals surface area contributed by atoms with E-state index in [-0.39, 0.29) is 17.3 Å². The predicted octanol–water partition coefficient (Wildman–Crippen LogP) is 3.41. The first-order chi connectivity index (χ1) is 10.3. The minimum atomic E-state index is -1.37. The number of furan rings is 1. The number of benzene rings is 1. The molecule has 2 aromatic rings. The Morgan fingerprint density at radius 2 is 2.14 bits per heavy atom. The van der Waals surface area contributed by atoms with Gasteiger partial charge in [-0.2, -0.15) is 0 Å². The number of amides is 2. The van der Waals surface area contributed by atoms with E-state index in [1.54, 1.807) is 19.1 Å². The van der Waals surface area contributed by atoms with Crippen molar-refractivity contribution in [2.45, 2.75) is 19.4 Å². The number of carbonyl (C=O) groups excluding carboxylic acids is 1. The van der Waals surface area contributed by atoms with Crippen molar-refractivity contribution in [3.8, 4) is 0 Å². The van der Waals surface area contributed by atoms with E-state index in [4.69, 9.17) is 16.0 Å². The number of rotatable bonds is 4. The molecular weight excluding hydrogens is 311 g/mol. The van der Waals surface area contributed by atoms with E-state index >= 15 is 0 Å². The Hall–Kier alpha value is -2.05. The minimum absolute atomic E-state index is 0.00427. The van der Waals surface area contributed by atoms with Crippen LogP contribution in [0.5, 0.6) is 0 Å². The number of carbonyl (C=O) groups is 1. The molecule has 0 saturated carbocycles. The molecular formula is C15H16ClFN2O3. The second-order valence-corrected chi connectivity index (χ2v) is 5.55. The standard InChI is InChI=1S/C15H16ClFN2O3/c1-9-3-6-13(22-9)15(2,21)8-18-14(20)19-12-5-4-10(16)7-11(12)17/h3-7,21H,8H2,1-2H3,(H2,18,19,20). The summed E-state index contributed by atoms with van der Waals surface area (Å²) in [5, 5.41) is 15.3. The number of hydrogen-bond donors (Lipinski definition) is 3. The fourth-order valence-corrected chi connectivity index (χ4v) is 1.98. The molecule has 7 heteroatoms. The van der Waals surface area contributed by atoms with E-state index in [9.17, 15) is 14.3 Å². The lowest BCUT2D eigenvalue weighted by molar-refractivity contribution is 0.0364. The van der Waals surface area contributed by atoms with Crippen molar-refractivity contribution in [2.75, 3.05) is 11.9 Å². The summed E-state index contributed by atoms with van der Waals surface area (Å²) in [6.45, 7) is 3.17. The van der Waals surface area contributed by atoms with Crippen LogP contribution in [0.1, 0.15) is 18.4 Å².